The molecule has 0 spiro atoms. The van der Waals surface area contributed by atoms with Crippen LogP contribution in [0.3, 0.4) is 0 Å². The first-order chi connectivity index (χ1) is 8.11. The third-order valence-electron chi connectivity index (χ3n) is 3.27. The maximum atomic E-state index is 10.6. The summed E-state index contributed by atoms with van der Waals surface area (Å²) in [5.74, 6) is -0.710. The van der Waals surface area contributed by atoms with Gasteiger partial charge in [0.1, 0.15) is 0 Å². The van der Waals surface area contributed by atoms with Crippen molar-refractivity contribution < 1.29 is 15.0 Å². The SMILES string of the molecule is CCCCCCC(CCCC)CC(O)C(=O)O. The molecule has 0 aromatic carbocycles. The summed E-state index contributed by atoms with van der Waals surface area (Å²) in [7, 11) is 0. The second-order valence-corrected chi connectivity index (χ2v) is 4.95. The van der Waals surface area contributed by atoms with Gasteiger partial charge in [-0.05, 0) is 12.3 Å². The minimum atomic E-state index is -1.18. The molecule has 3 heteroatoms. The van der Waals surface area contributed by atoms with Gasteiger partial charge >= 0.3 is 5.97 Å². The molecule has 2 atom stereocenters. The average molecular weight is 244 g/mol. The van der Waals surface area contributed by atoms with Crippen LogP contribution in [0, 0.1) is 5.92 Å². The maximum Gasteiger partial charge on any atom is 0.332 e. The summed E-state index contributed by atoms with van der Waals surface area (Å²) in [6.45, 7) is 4.32. The van der Waals surface area contributed by atoms with Crippen molar-refractivity contribution in [3.8, 4) is 0 Å². The summed E-state index contributed by atoms with van der Waals surface area (Å²) in [5.41, 5.74) is 0. The fourth-order valence-electron chi connectivity index (χ4n) is 2.15. The molecular formula is C14H28O3. The number of carboxylic acids is 1. The van der Waals surface area contributed by atoms with Gasteiger partial charge in [-0.25, -0.2) is 4.79 Å². The number of aliphatic hydroxyl groups is 1. The van der Waals surface area contributed by atoms with Crippen LogP contribution < -0.4 is 0 Å². The zero-order valence-corrected chi connectivity index (χ0v) is 11.3. The van der Waals surface area contributed by atoms with E-state index in [0.717, 1.165) is 32.1 Å². The van der Waals surface area contributed by atoms with Crippen molar-refractivity contribution in [3.63, 3.8) is 0 Å². The van der Waals surface area contributed by atoms with Crippen LogP contribution in [0.15, 0.2) is 0 Å². The molecule has 0 amide bonds. The number of aliphatic carboxylic acids is 1. The molecule has 0 radical (unpaired) electrons. The highest BCUT2D eigenvalue weighted by atomic mass is 16.4. The van der Waals surface area contributed by atoms with Crippen molar-refractivity contribution in [1.82, 2.24) is 0 Å². The van der Waals surface area contributed by atoms with E-state index < -0.39 is 12.1 Å². The molecule has 0 aromatic rings. The van der Waals surface area contributed by atoms with Crippen LogP contribution in [0.4, 0.5) is 0 Å². The Bertz CT molecular complexity index is 192. The highest BCUT2D eigenvalue weighted by molar-refractivity contribution is 5.71. The molecule has 0 aliphatic rings. The van der Waals surface area contributed by atoms with Crippen LogP contribution in [0.25, 0.3) is 0 Å². The highest BCUT2D eigenvalue weighted by Crippen LogP contribution is 2.22. The third kappa shape index (κ3) is 9.16. The van der Waals surface area contributed by atoms with Gasteiger partial charge in [0.15, 0.2) is 6.10 Å². The van der Waals surface area contributed by atoms with E-state index in [2.05, 4.69) is 13.8 Å². The number of hydrogen-bond acceptors (Lipinski definition) is 2. The van der Waals surface area contributed by atoms with Gasteiger partial charge in [0.05, 0.1) is 0 Å². The second kappa shape index (κ2) is 10.6. The molecule has 3 nitrogen and oxygen atoms in total. The molecule has 2 N–H and O–H groups in total. The predicted octanol–water partition coefficient (Wildman–Crippen LogP) is 3.60. The van der Waals surface area contributed by atoms with E-state index in [1.54, 1.807) is 0 Å². The Morgan fingerprint density at radius 1 is 1.00 bits per heavy atom. The first-order valence-corrected chi connectivity index (χ1v) is 7.02. The molecule has 0 bridgehead atoms. The number of rotatable bonds is 11. The van der Waals surface area contributed by atoms with E-state index in [9.17, 15) is 9.90 Å². The lowest BCUT2D eigenvalue weighted by Crippen LogP contribution is -2.23. The van der Waals surface area contributed by atoms with E-state index in [1.165, 1.54) is 19.3 Å². The lowest BCUT2D eigenvalue weighted by atomic mass is 9.90. The Hall–Kier alpha value is -0.570. The van der Waals surface area contributed by atoms with Crippen LogP contribution in [-0.4, -0.2) is 22.3 Å². The smallest absolute Gasteiger partial charge is 0.332 e. The zero-order valence-electron chi connectivity index (χ0n) is 11.3. The van der Waals surface area contributed by atoms with Gasteiger partial charge in [0.25, 0.3) is 0 Å². The summed E-state index contributed by atoms with van der Waals surface area (Å²) in [4.78, 5) is 10.6. The minimum Gasteiger partial charge on any atom is -0.479 e. The first kappa shape index (κ1) is 16.4. The van der Waals surface area contributed by atoms with Crippen molar-refractivity contribution >= 4 is 5.97 Å². The molecule has 0 saturated heterocycles. The summed E-state index contributed by atoms with van der Waals surface area (Å²) < 4.78 is 0. The molecule has 2 unspecified atom stereocenters. The van der Waals surface area contributed by atoms with Crippen LogP contribution in [-0.2, 0) is 4.79 Å². The van der Waals surface area contributed by atoms with Gasteiger partial charge in [-0.1, -0.05) is 65.2 Å². The fourth-order valence-corrected chi connectivity index (χ4v) is 2.15. The lowest BCUT2D eigenvalue weighted by molar-refractivity contribution is -0.147. The Kier molecular flexibility index (Phi) is 10.2. The van der Waals surface area contributed by atoms with Crippen molar-refractivity contribution in [2.24, 2.45) is 5.92 Å². The largest absolute Gasteiger partial charge is 0.479 e. The van der Waals surface area contributed by atoms with E-state index in [-0.39, 0.29) is 0 Å². The van der Waals surface area contributed by atoms with Gasteiger partial charge in [0, 0.05) is 0 Å². The van der Waals surface area contributed by atoms with Crippen molar-refractivity contribution in [2.75, 3.05) is 0 Å². The topological polar surface area (TPSA) is 57.5 Å². The molecule has 102 valence electrons. The Morgan fingerprint density at radius 2 is 1.59 bits per heavy atom. The minimum absolute atomic E-state index is 0.373. The number of aliphatic hydroxyl groups excluding tert-OH is 1. The van der Waals surface area contributed by atoms with Gasteiger partial charge < -0.3 is 10.2 Å². The average Bonchev–Trinajstić information content (AvgIpc) is 2.30. The predicted molar refractivity (Wildman–Crippen MR) is 70.0 cm³/mol. The molecule has 0 aromatic heterocycles. The van der Waals surface area contributed by atoms with Gasteiger partial charge in [-0.15, -0.1) is 0 Å². The van der Waals surface area contributed by atoms with Crippen LogP contribution in [0.2, 0.25) is 0 Å². The van der Waals surface area contributed by atoms with E-state index in [1.807, 2.05) is 0 Å². The number of carbonyl (C=O) groups is 1. The van der Waals surface area contributed by atoms with Gasteiger partial charge in [-0.3, -0.25) is 0 Å². The fraction of sp³-hybridized carbons (Fsp3) is 0.929. The van der Waals surface area contributed by atoms with E-state index >= 15 is 0 Å². The number of carboxylic acid groups (broad SMARTS) is 1. The molecule has 0 saturated carbocycles. The summed E-state index contributed by atoms with van der Waals surface area (Å²) >= 11 is 0. The normalized spacial score (nSPS) is 14.5. The number of hydrogen-bond donors (Lipinski definition) is 2. The quantitative estimate of drug-likeness (QED) is 0.546. The highest BCUT2D eigenvalue weighted by Gasteiger charge is 2.19. The monoisotopic (exact) mass is 244 g/mol. The van der Waals surface area contributed by atoms with Crippen molar-refractivity contribution in [3.05, 3.63) is 0 Å². The molecule has 17 heavy (non-hydrogen) atoms. The maximum absolute atomic E-state index is 10.6. The summed E-state index contributed by atoms with van der Waals surface area (Å²) in [6.07, 6.45) is 8.47. The molecule has 0 aliphatic heterocycles. The van der Waals surface area contributed by atoms with E-state index in [4.69, 9.17) is 5.11 Å². The van der Waals surface area contributed by atoms with E-state index in [0.29, 0.717) is 12.3 Å². The zero-order chi connectivity index (χ0) is 13.1. The van der Waals surface area contributed by atoms with Crippen LogP contribution >= 0.6 is 0 Å². The second-order valence-electron chi connectivity index (χ2n) is 4.95. The van der Waals surface area contributed by atoms with Crippen LogP contribution in [0.5, 0.6) is 0 Å². The van der Waals surface area contributed by atoms with Gasteiger partial charge in [-0.2, -0.15) is 0 Å². The first-order valence-electron chi connectivity index (χ1n) is 7.02. The Labute approximate surface area is 105 Å². The van der Waals surface area contributed by atoms with Gasteiger partial charge in [0.2, 0.25) is 0 Å². The van der Waals surface area contributed by atoms with Crippen LogP contribution in [0.1, 0.15) is 71.6 Å². The van der Waals surface area contributed by atoms with Crippen molar-refractivity contribution in [2.45, 2.75) is 77.7 Å². The summed E-state index contributed by atoms with van der Waals surface area (Å²) in [6, 6.07) is 0. The molecular weight excluding hydrogens is 216 g/mol. The van der Waals surface area contributed by atoms with Crippen molar-refractivity contribution in [1.29, 1.82) is 0 Å². The third-order valence-corrected chi connectivity index (χ3v) is 3.27. The standard InChI is InChI=1S/C14H28O3/c1-3-5-7-8-10-12(9-6-4-2)11-13(15)14(16)17/h12-13,15H,3-11H2,1-2H3,(H,16,17). The lowest BCUT2D eigenvalue weighted by Gasteiger charge is -2.18. The Balaban J connectivity index is 3.90. The molecule has 0 heterocycles. The summed E-state index contributed by atoms with van der Waals surface area (Å²) in [5, 5.41) is 18.1. The Morgan fingerprint density at radius 3 is 2.12 bits per heavy atom. The number of unbranched alkanes of at least 4 members (excludes halogenated alkanes) is 4. The molecule has 0 aliphatic carbocycles. The molecule has 0 fully saturated rings. The molecule has 0 rings (SSSR count).